The highest BCUT2D eigenvalue weighted by atomic mass is 16.1. The third kappa shape index (κ3) is 2.70. The number of nitrogens with zero attached hydrogens (tertiary/aromatic N) is 1. The minimum atomic E-state index is -0.107. The number of hydrogen-bond donors (Lipinski definition) is 2. The zero-order chi connectivity index (χ0) is 13.9. The molecule has 2 heterocycles. The van der Waals surface area contributed by atoms with Gasteiger partial charge in [-0.3, -0.25) is 4.79 Å². The quantitative estimate of drug-likeness (QED) is 0.877. The van der Waals surface area contributed by atoms with Crippen LogP contribution in [0.1, 0.15) is 27.0 Å². The molecule has 0 spiro atoms. The van der Waals surface area contributed by atoms with Gasteiger partial charge in [0.25, 0.3) is 5.91 Å². The number of fused-ring (bicyclic) bond motifs is 1. The maximum absolute atomic E-state index is 12.2. The summed E-state index contributed by atoms with van der Waals surface area (Å²) in [5, 5.41) is 6.17. The molecular formula is C16H17N3O. The normalized spacial score (nSPS) is 13.7. The smallest absolute Gasteiger partial charge is 0.256 e. The molecule has 0 unspecified atom stereocenters. The Morgan fingerprint density at radius 2 is 2.15 bits per heavy atom. The summed E-state index contributed by atoms with van der Waals surface area (Å²) < 4.78 is 0. The van der Waals surface area contributed by atoms with E-state index in [2.05, 4.69) is 15.6 Å². The average molecular weight is 267 g/mol. The van der Waals surface area contributed by atoms with Crippen LogP contribution in [-0.2, 0) is 13.0 Å². The largest absolute Gasteiger partial charge is 0.312 e. The van der Waals surface area contributed by atoms with Crippen LogP contribution in [0.3, 0.4) is 0 Å². The number of rotatable bonds is 2. The molecule has 0 aliphatic carbocycles. The van der Waals surface area contributed by atoms with E-state index in [1.165, 1.54) is 11.1 Å². The van der Waals surface area contributed by atoms with Gasteiger partial charge in [0.1, 0.15) is 5.82 Å². The summed E-state index contributed by atoms with van der Waals surface area (Å²) in [6, 6.07) is 9.65. The molecular weight excluding hydrogens is 250 g/mol. The van der Waals surface area contributed by atoms with Crippen molar-refractivity contribution in [2.45, 2.75) is 19.9 Å². The van der Waals surface area contributed by atoms with Gasteiger partial charge in [-0.05, 0) is 60.8 Å². The first kappa shape index (κ1) is 12.8. The highest BCUT2D eigenvalue weighted by molar-refractivity contribution is 6.03. The van der Waals surface area contributed by atoms with E-state index in [0.717, 1.165) is 25.1 Å². The van der Waals surface area contributed by atoms with Crippen LogP contribution in [-0.4, -0.2) is 17.4 Å². The minimum absolute atomic E-state index is 0.107. The summed E-state index contributed by atoms with van der Waals surface area (Å²) in [5.41, 5.74) is 4.30. The molecule has 20 heavy (non-hydrogen) atoms. The molecule has 1 aliphatic heterocycles. The van der Waals surface area contributed by atoms with Crippen LogP contribution in [0.2, 0.25) is 0 Å². The van der Waals surface area contributed by atoms with E-state index >= 15 is 0 Å². The molecule has 2 N–H and O–H groups in total. The third-order valence-corrected chi connectivity index (χ3v) is 3.51. The first-order chi connectivity index (χ1) is 9.72. The second kappa shape index (κ2) is 5.43. The average Bonchev–Trinajstić information content (AvgIpc) is 2.47. The molecule has 1 aromatic carbocycles. The van der Waals surface area contributed by atoms with Gasteiger partial charge >= 0.3 is 0 Å². The zero-order valence-electron chi connectivity index (χ0n) is 11.4. The van der Waals surface area contributed by atoms with E-state index in [1.807, 2.05) is 37.3 Å². The van der Waals surface area contributed by atoms with Gasteiger partial charge in [-0.1, -0.05) is 6.07 Å². The van der Waals surface area contributed by atoms with Crippen molar-refractivity contribution in [2.24, 2.45) is 0 Å². The molecule has 3 rings (SSSR count). The fraction of sp³-hybridized carbons (Fsp3) is 0.250. The first-order valence-corrected chi connectivity index (χ1v) is 6.79. The maximum atomic E-state index is 12.2. The highest BCUT2D eigenvalue weighted by Crippen LogP contribution is 2.17. The second-order valence-corrected chi connectivity index (χ2v) is 5.08. The topological polar surface area (TPSA) is 54.0 Å². The van der Waals surface area contributed by atoms with E-state index in [9.17, 15) is 4.79 Å². The number of anilines is 1. The maximum Gasteiger partial charge on any atom is 0.256 e. The van der Waals surface area contributed by atoms with E-state index < -0.39 is 0 Å². The Labute approximate surface area is 118 Å². The number of carbonyl (C=O) groups is 1. The molecule has 4 heteroatoms. The molecule has 1 aromatic heterocycles. The van der Waals surface area contributed by atoms with Gasteiger partial charge in [0, 0.05) is 18.3 Å². The Morgan fingerprint density at radius 1 is 1.25 bits per heavy atom. The molecule has 0 bridgehead atoms. The predicted molar refractivity (Wildman–Crippen MR) is 78.8 cm³/mol. The molecule has 1 amide bonds. The van der Waals surface area contributed by atoms with E-state index in [1.54, 1.807) is 6.20 Å². The van der Waals surface area contributed by atoms with Crippen molar-refractivity contribution in [1.29, 1.82) is 0 Å². The molecule has 0 saturated heterocycles. The van der Waals surface area contributed by atoms with Crippen molar-refractivity contribution < 1.29 is 4.79 Å². The molecule has 0 fully saturated rings. The number of amides is 1. The van der Waals surface area contributed by atoms with Gasteiger partial charge in [0.05, 0.1) is 0 Å². The van der Waals surface area contributed by atoms with Crippen LogP contribution in [0, 0.1) is 6.92 Å². The Hall–Kier alpha value is -2.20. The summed E-state index contributed by atoms with van der Waals surface area (Å²) in [6.45, 7) is 3.83. The molecule has 4 nitrogen and oxygen atoms in total. The zero-order valence-corrected chi connectivity index (χ0v) is 11.4. The summed E-state index contributed by atoms with van der Waals surface area (Å²) in [7, 11) is 0. The van der Waals surface area contributed by atoms with Gasteiger partial charge < -0.3 is 10.6 Å². The summed E-state index contributed by atoms with van der Waals surface area (Å²) >= 11 is 0. The molecule has 2 aromatic rings. The predicted octanol–water partition coefficient (Wildman–Crippen LogP) is 2.29. The Bertz CT molecular complexity index is 652. The van der Waals surface area contributed by atoms with Crippen LogP contribution in [0.25, 0.3) is 0 Å². The van der Waals surface area contributed by atoms with Crippen molar-refractivity contribution in [3.63, 3.8) is 0 Å². The monoisotopic (exact) mass is 267 g/mol. The number of hydrogen-bond acceptors (Lipinski definition) is 3. The fourth-order valence-electron chi connectivity index (χ4n) is 2.41. The van der Waals surface area contributed by atoms with E-state index in [-0.39, 0.29) is 5.91 Å². The lowest BCUT2D eigenvalue weighted by Gasteiger charge is -2.17. The molecule has 0 atom stereocenters. The van der Waals surface area contributed by atoms with Gasteiger partial charge in [0.15, 0.2) is 0 Å². The summed E-state index contributed by atoms with van der Waals surface area (Å²) in [6.07, 6.45) is 2.67. The highest BCUT2D eigenvalue weighted by Gasteiger charge is 2.12. The van der Waals surface area contributed by atoms with Crippen molar-refractivity contribution in [2.75, 3.05) is 11.9 Å². The van der Waals surface area contributed by atoms with Gasteiger partial charge in [0.2, 0.25) is 0 Å². The van der Waals surface area contributed by atoms with Crippen LogP contribution < -0.4 is 10.6 Å². The molecule has 102 valence electrons. The molecule has 0 radical (unpaired) electrons. The van der Waals surface area contributed by atoms with Gasteiger partial charge in [-0.15, -0.1) is 0 Å². The number of nitrogens with one attached hydrogen (secondary N) is 2. The third-order valence-electron chi connectivity index (χ3n) is 3.51. The first-order valence-electron chi connectivity index (χ1n) is 6.79. The number of pyridine rings is 1. The van der Waals surface area contributed by atoms with Gasteiger partial charge in [-0.25, -0.2) is 4.98 Å². The second-order valence-electron chi connectivity index (χ2n) is 5.08. The Balaban J connectivity index is 1.80. The van der Waals surface area contributed by atoms with Gasteiger partial charge in [-0.2, -0.15) is 0 Å². The number of aryl methyl sites for hydroxylation is 1. The lowest BCUT2D eigenvalue weighted by Crippen LogP contribution is -2.24. The number of carbonyl (C=O) groups excluding carboxylic acids is 1. The lowest BCUT2D eigenvalue weighted by atomic mass is 9.98. The number of aromatic nitrogens is 1. The standard InChI is InChI=1S/C16H17N3O/c1-11-4-7-18-15(8-11)19-16(20)13-2-3-14-10-17-6-5-12(14)9-13/h2-4,7-9,17H,5-6,10H2,1H3,(H,18,19,20). The Kier molecular flexibility index (Phi) is 3.48. The molecule has 1 aliphatic rings. The Morgan fingerprint density at radius 3 is 3.00 bits per heavy atom. The van der Waals surface area contributed by atoms with Crippen LogP contribution in [0.4, 0.5) is 5.82 Å². The van der Waals surface area contributed by atoms with Crippen molar-refractivity contribution >= 4 is 11.7 Å². The number of benzene rings is 1. The fourth-order valence-corrected chi connectivity index (χ4v) is 2.41. The molecule has 0 saturated carbocycles. The SMILES string of the molecule is Cc1ccnc(NC(=O)c2ccc3c(c2)CCNC3)c1. The van der Waals surface area contributed by atoms with Crippen LogP contribution in [0.5, 0.6) is 0 Å². The lowest BCUT2D eigenvalue weighted by molar-refractivity contribution is 0.102. The summed E-state index contributed by atoms with van der Waals surface area (Å²) in [4.78, 5) is 16.4. The van der Waals surface area contributed by atoms with E-state index in [4.69, 9.17) is 0 Å². The van der Waals surface area contributed by atoms with Crippen molar-refractivity contribution in [1.82, 2.24) is 10.3 Å². The minimum Gasteiger partial charge on any atom is -0.312 e. The van der Waals surface area contributed by atoms with Crippen LogP contribution >= 0.6 is 0 Å². The summed E-state index contributed by atoms with van der Waals surface area (Å²) in [5.74, 6) is 0.485. The van der Waals surface area contributed by atoms with Crippen molar-refractivity contribution in [3.05, 3.63) is 58.8 Å². The van der Waals surface area contributed by atoms with Crippen molar-refractivity contribution in [3.8, 4) is 0 Å². The van der Waals surface area contributed by atoms with E-state index in [0.29, 0.717) is 11.4 Å². The van der Waals surface area contributed by atoms with Crippen LogP contribution in [0.15, 0.2) is 36.5 Å².